The molecule has 0 aliphatic heterocycles. The molecule has 0 saturated heterocycles. The van der Waals surface area contributed by atoms with Crippen molar-refractivity contribution in [2.24, 2.45) is 17.8 Å². The van der Waals surface area contributed by atoms with Gasteiger partial charge in [0.05, 0.1) is 0 Å². The van der Waals surface area contributed by atoms with Crippen molar-refractivity contribution in [3.05, 3.63) is 59.7 Å². The van der Waals surface area contributed by atoms with Crippen molar-refractivity contribution in [1.29, 1.82) is 0 Å². The van der Waals surface area contributed by atoms with Crippen LogP contribution in [0.2, 0.25) is 0 Å². The minimum atomic E-state index is 0.450. The SMILES string of the molecule is CCCCCc1ccc(C2C=CC(C#CC3C=CC(CCC)CC3)CC2)cc1. The Morgan fingerprint density at radius 2 is 1.46 bits per heavy atom. The Morgan fingerprint density at radius 1 is 0.750 bits per heavy atom. The van der Waals surface area contributed by atoms with Crippen molar-refractivity contribution < 1.29 is 0 Å². The summed E-state index contributed by atoms with van der Waals surface area (Å²) in [6.45, 7) is 4.55. The maximum Gasteiger partial charge on any atom is 0.0383 e. The van der Waals surface area contributed by atoms with Gasteiger partial charge in [-0.1, -0.05) is 93.5 Å². The molecule has 0 heterocycles. The zero-order chi connectivity index (χ0) is 19.6. The Hall–Kier alpha value is -1.74. The molecule has 3 rings (SSSR count). The third kappa shape index (κ3) is 6.41. The standard InChI is InChI=1S/C28H38/c1-3-5-6-8-24-15-19-27(20-16-24)28-21-17-26(18-22-28)14-13-25-11-9-23(7-4-2)10-12-25/h9,11,15-17,19-21,23,25-26,28H,3-8,10,12,18,22H2,1-2H3. The molecule has 0 bridgehead atoms. The average molecular weight is 375 g/mol. The van der Waals surface area contributed by atoms with Gasteiger partial charge >= 0.3 is 0 Å². The molecule has 1 aromatic carbocycles. The largest absolute Gasteiger partial charge is 0.0951 e. The molecule has 28 heavy (non-hydrogen) atoms. The van der Waals surface area contributed by atoms with E-state index < -0.39 is 0 Å². The Labute approximate surface area is 173 Å². The smallest absolute Gasteiger partial charge is 0.0383 e. The molecule has 0 fully saturated rings. The van der Waals surface area contributed by atoms with Crippen molar-refractivity contribution in [3.8, 4) is 11.8 Å². The van der Waals surface area contributed by atoms with Gasteiger partial charge in [-0.3, -0.25) is 0 Å². The minimum absolute atomic E-state index is 0.450. The first-order valence-electron chi connectivity index (χ1n) is 11.7. The first-order valence-corrected chi connectivity index (χ1v) is 11.7. The maximum absolute atomic E-state index is 3.56. The fourth-order valence-corrected chi connectivity index (χ4v) is 4.55. The van der Waals surface area contributed by atoms with E-state index in [-0.39, 0.29) is 0 Å². The molecular weight excluding hydrogens is 336 g/mol. The van der Waals surface area contributed by atoms with Gasteiger partial charge in [-0.2, -0.15) is 0 Å². The fraction of sp³-hybridized carbons (Fsp3) is 0.571. The average Bonchev–Trinajstić information content (AvgIpc) is 2.75. The van der Waals surface area contributed by atoms with E-state index in [9.17, 15) is 0 Å². The van der Waals surface area contributed by atoms with Crippen molar-refractivity contribution >= 4 is 0 Å². The normalized spacial score (nSPS) is 26.6. The summed E-state index contributed by atoms with van der Waals surface area (Å²) >= 11 is 0. The topological polar surface area (TPSA) is 0 Å². The van der Waals surface area contributed by atoms with Gasteiger partial charge in [0.25, 0.3) is 0 Å². The maximum atomic E-state index is 3.56. The zero-order valence-corrected chi connectivity index (χ0v) is 18.0. The lowest BCUT2D eigenvalue weighted by atomic mass is 9.83. The predicted octanol–water partition coefficient (Wildman–Crippen LogP) is 7.86. The van der Waals surface area contributed by atoms with E-state index in [1.807, 2.05) is 0 Å². The lowest BCUT2D eigenvalue weighted by Gasteiger charge is -2.21. The van der Waals surface area contributed by atoms with Crippen LogP contribution in [0.4, 0.5) is 0 Å². The van der Waals surface area contributed by atoms with E-state index in [1.165, 1.54) is 75.3 Å². The van der Waals surface area contributed by atoms with Crippen LogP contribution in [0.1, 0.15) is 88.7 Å². The molecule has 150 valence electrons. The molecular formula is C28H38. The van der Waals surface area contributed by atoms with E-state index in [1.54, 1.807) is 0 Å². The van der Waals surface area contributed by atoms with Gasteiger partial charge in [0.2, 0.25) is 0 Å². The van der Waals surface area contributed by atoms with Crippen molar-refractivity contribution in [2.45, 2.75) is 84.0 Å². The summed E-state index contributed by atoms with van der Waals surface area (Å²) in [5.74, 6) is 9.43. The monoisotopic (exact) mass is 374 g/mol. The summed E-state index contributed by atoms with van der Waals surface area (Å²) in [5.41, 5.74) is 2.96. The Bertz CT molecular complexity index is 694. The number of aryl methyl sites for hydroxylation is 1. The first kappa shape index (κ1) is 21.0. The third-order valence-corrected chi connectivity index (χ3v) is 6.42. The van der Waals surface area contributed by atoms with Gasteiger partial charge < -0.3 is 0 Å². The molecule has 0 aromatic heterocycles. The van der Waals surface area contributed by atoms with E-state index in [0.717, 1.165) is 5.92 Å². The second kappa shape index (κ2) is 11.3. The molecule has 0 amide bonds. The minimum Gasteiger partial charge on any atom is -0.0951 e. The van der Waals surface area contributed by atoms with Crippen molar-refractivity contribution in [2.75, 3.05) is 0 Å². The van der Waals surface area contributed by atoms with Gasteiger partial charge in [0.15, 0.2) is 0 Å². The van der Waals surface area contributed by atoms with Crippen LogP contribution in [0.15, 0.2) is 48.6 Å². The second-order valence-corrected chi connectivity index (χ2v) is 8.78. The Morgan fingerprint density at radius 3 is 2.04 bits per heavy atom. The van der Waals surface area contributed by atoms with E-state index in [4.69, 9.17) is 0 Å². The quantitative estimate of drug-likeness (QED) is 0.259. The van der Waals surface area contributed by atoms with Gasteiger partial charge in [0.1, 0.15) is 0 Å². The number of unbranched alkanes of at least 4 members (excludes halogenated alkanes) is 2. The number of hydrogen-bond acceptors (Lipinski definition) is 0. The number of benzene rings is 1. The molecule has 0 radical (unpaired) electrons. The molecule has 0 N–H and O–H groups in total. The van der Waals surface area contributed by atoms with Crippen LogP contribution in [-0.4, -0.2) is 0 Å². The van der Waals surface area contributed by atoms with Gasteiger partial charge in [-0.15, -0.1) is 0 Å². The summed E-state index contributed by atoms with van der Waals surface area (Å²) in [7, 11) is 0. The van der Waals surface area contributed by atoms with Crippen molar-refractivity contribution in [3.63, 3.8) is 0 Å². The van der Waals surface area contributed by atoms with Gasteiger partial charge in [-0.25, -0.2) is 0 Å². The molecule has 0 spiro atoms. The number of hydrogen-bond donors (Lipinski definition) is 0. The third-order valence-electron chi connectivity index (χ3n) is 6.42. The highest BCUT2D eigenvalue weighted by molar-refractivity contribution is 5.30. The van der Waals surface area contributed by atoms with Crippen LogP contribution >= 0.6 is 0 Å². The van der Waals surface area contributed by atoms with Gasteiger partial charge in [0, 0.05) is 17.8 Å². The molecule has 4 unspecified atom stereocenters. The van der Waals surface area contributed by atoms with Crippen LogP contribution in [0, 0.1) is 29.6 Å². The molecule has 0 nitrogen and oxygen atoms in total. The van der Waals surface area contributed by atoms with Crippen LogP contribution < -0.4 is 0 Å². The molecule has 2 aliphatic rings. The van der Waals surface area contributed by atoms with Gasteiger partial charge in [-0.05, 0) is 62.0 Å². The number of allylic oxidation sites excluding steroid dienone is 4. The first-order chi connectivity index (χ1) is 13.8. The molecule has 0 heteroatoms. The zero-order valence-electron chi connectivity index (χ0n) is 18.0. The van der Waals surface area contributed by atoms with Crippen LogP contribution in [0.5, 0.6) is 0 Å². The lowest BCUT2D eigenvalue weighted by Crippen LogP contribution is -2.09. The Kier molecular flexibility index (Phi) is 8.47. The second-order valence-electron chi connectivity index (χ2n) is 8.78. The summed E-state index contributed by atoms with van der Waals surface area (Å²) < 4.78 is 0. The predicted molar refractivity (Wildman–Crippen MR) is 122 cm³/mol. The lowest BCUT2D eigenvalue weighted by molar-refractivity contribution is 0.472. The fourth-order valence-electron chi connectivity index (χ4n) is 4.55. The van der Waals surface area contributed by atoms with E-state index >= 15 is 0 Å². The molecule has 4 atom stereocenters. The Balaban J connectivity index is 1.49. The summed E-state index contributed by atoms with van der Waals surface area (Å²) in [6.07, 6.45) is 22.4. The molecule has 2 aliphatic carbocycles. The van der Waals surface area contributed by atoms with Crippen LogP contribution in [-0.2, 0) is 6.42 Å². The molecule has 1 aromatic rings. The van der Waals surface area contributed by atoms with E-state index in [2.05, 4.69) is 74.3 Å². The summed E-state index contributed by atoms with van der Waals surface area (Å²) in [6, 6.07) is 9.38. The van der Waals surface area contributed by atoms with Crippen LogP contribution in [0.25, 0.3) is 0 Å². The number of rotatable bonds is 7. The van der Waals surface area contributed by atoms with E-state index in [0.29, 0.717) is 17.8 Å². The van der Waals surface area contributed by atoms with Crippen molar-refractivity contribution in [1.82, 2.24) is 0 Å². The molecule has 0 saturated carbocycles. The highest BCUT2D eigenvalue weighted by Gasteiger charge is 2.17. The van der Waals surface area contributed by atoms with Crippen LogP contribution in [0.3, 0.4) is 0 Å². The summed E-state index contributed by atoms with van der Waals surface area (Å²) in [5, 5.41) is 0. The summed E-state index contributed by atoms with van der Waals surface area (Å²) in [4.78, 5) is 0. The highest BCUT2D eigenvalue weighted by atomic mass is 14.2. The highest BCUT2D eigenvalue weighted by Crippen LogP contribution is 2.31.